The van der Waals surface area contributed by atoms with Crippen molar-refractivity contribution >= 4 is 35.3 Å². The zero-order valence-corrected chi connectivity index (χ0v) is 14.7. The van der Waals surface area contributed by atoms with Crippen molar-refractivity contribution in [1.29, 1.82) is 0 Å². The second kappa shape index (κ2) is 8.79. The van der Waals surface area contributed by atoms with Gasteiger partial charge < -0.3 is 4.74 Å². The average molecular weight is 366 g/mol. The molecule has 0 aliphatic carbocycles. The first kappa shape index (κ1) is 18.4. The smallest absolute Gasteiger partial charge is 0.342 e. The van der Waals surface area contributed by atoms with Crippen molar-refractivity contribution in [2.45, 2.75) is 17.1 Å². The van der Waals surface area contributed by atoms with Crippen molar-refractivity contribution in [2.24, 2.45) is 0 Å². The number of carbonyl (C=O) groups is 2. The number of esters is 1. The molecule has 24 heavy (non-hydrogen) atoms. The molecule has 0 spiro atoms. The predicted octanol–water partition coefficient (Wildman–Crippen LogP) is 3.49. The van der Waals surface area contributed by atoms with Crippen LogP contribution in [-0.4, -0.2) is 40.3 Å². The van der Waals surface area contributed by atoms with E-state index in [4.69, 9.17) is 4.74 Å². The Morgan fingerprint density at radius 1 is 1.25 bits per heavy atom. The molecule has 0 aliphatic rings. The minimum atomic E-state index is -0.526. The third kappa shape index (κ3) is 4.78. The standard InChI is InChI=1S/C16H15FN2O3S2/c1-3-22-15(21)12-8-18-16(23-2)19-14(12)24-9-13(20)10-4-6-11(17)7-5-10/h4-8H,3,9H2,1-2H3. The highest BCUT2D eigenvalue weighted by Crippen LogP contribution is 2.24. The summed E-state index contributed by atoms with van der Waals surface area (Å²) in [4.78, 5) is 32.5. The summed E-state index contributed by atoms with van der Waals surface area (Å²) in [5.74, 6) is -1.03. The van der Waals surface area contributed by atoms with Crippen molar-refractivity contribution in [3.05, 3.63) is 47.4 Å². The second-order valence-corrected chi connectivity index (χ2v) is 6.25. The van der Waals surface area contributed by atoms with E-state index in [1.54, 1.807) is 6.92 Å². The van der Waals surface area contributed by atoms with Crippen molar-refractivity contribution in [3.63, 3.8) is 0 Å². The van der Waals surface area contributed by atoms with Gasteiger partial charge in [-0.3, -0.25) is 4.79 Å². The number of benzene rings is 1. The molecule has 0 N–H and O–H groups in total. The van der Waals surface area contributed by atoms with Crippen molar-refractivity contribution in [2.75, 3.05) is 18.6 Å². The maximum absolute atomic E-state index is 12.9. The fraction of sp³-hybridized carbons (Fsp3) is 0.250. The molecule has 0 radical (unpaired) electrons. The van der Waals surface area contributed by atoms with Gasteiger partial charge in [0.1, 0.15) is 16.4 Å². The Balaban J connectivity index is 2.16. The monoisotopic (exact) mass is 366 g/mol. The zero-order chi connectivity index (χ0) is 17.5. The van der Waals surface area contributed by atoms with Crippen LogP contribution in [0.1, 0.15) is 27.6 Å². The minimum absolute atomic E-state index is 0.0723. The molecule has 1 aromatic carbocycles. The van der Waals surface area contributed by atoms with E-state index >= 15 is 0 Å². The lowest BCUT2D eigenvalue weighted by atomic mass is 10.1. The molecular formula is C16H15FN2O3S2. The Morgan fingerprint density at radius 3 is 2.58 bits per heavy atom. The summed E-state index contributed by atoms with van der Waals surface area (Å²) in [5.41, 5.74) is 0.632. The van der Waals surface area contributed by atoms with Gasteiger partial charge in [0, 0.05) is 11.8 Å². The molecule has 2 rings (SSSR count). The molecule has 5 nitrogen and oxygen atoms in total. The minimum Gasteiger partial charge on any atom is -0.462 e. The number of ketones is 1. The van der Waals surface area contributed by atoms with Gasteiger partial charge in [0.2, 0.25) is 0 Å². The van der Waals surface area contributed by atoms with E-state index in [0.29, 0.717) is 15.7 Å². The molecule has 2 aromatic rings. The molecule has 1 heterocycles. The average Bonchev–Trinajstić information content (AvgIpc) is 2.60. The molecule has 0 unspecified atom stereocenters. The van der Waals surface area contributed by atoms with E-state index < -0.39 is 11.8 Å². The molecule has 0 fully saturated rings. The first-order valence-electron chi connectivity index (χ1n) is 7.04. The van der Waals surface area contributed by atoms with Gasteiger partial charge in [-0.15, -0.1) is 0 Å². The lowest BCUT2D eigenvalue weighted by Crippen LogP contribution is -2.10. The van der Waals surface area contributed by atoms with Crippen LogP contribution in [0.3, 0.4) is 0 Å². The molecule has 126 valence electrons. The summed E-state index contributed by atoms with van der Waals surface area (Å²) in [6.07, 6.45) is 3.22. The van der Waals surface area contributed by atoms with E-state index in [-0.39, 0.29) is 23.7 Å². The van der Waals surface area contributed by atoms with Gasteiger partial charge in [0.25, 0.3) is 0 Å². The molecule has 0 saturated carbocycles. The summed E-state index contributed by atoms with van der Waals surface area (Å²) in [6.45, 7) is 1.95. The number of thioether (sulfide) groups is 2. The van der Waals surface area contributed by atoms with Crippen LogP contribution in [0.25, 0.3) is 0 Å². The van der Waals surface area contributed by atoms with E-state index in [1.165, 1.54) is 42.2 Å². The summed E-state index contributed by atoms with van der Waals surface area (Å²) < 4.78 is 17.9. The van der Waals surface area contributed by atoms with Crippen LogP contribution in [0.4, 0.5) is 4.39 Å². The number of Topliss-reactive ketones (excluding diaryl/α,β-unsaturated/α-hetero) is 1. The molecule has 0 bridgehead atoms. The van der Waals surface area contributed by atoms with E-state index in [2.05, 4.69) is 9.97 Å². The first-order valence-corrected chi connectivity index (χ1v) is 9.26. The zero-order valence-electron chi connectivity index (χ0n) is 13.1. The van der Waals surface area contributed by atoms with Crippen molar-refractivity contribution in [3.8, 4) is 0 Å². The second-order valence-electron chi connectivity index (χ2n) is 4.51. The number of nitrogens with zero attached hydrogens (tertiary/aromatic N) is 2. The number of aromatic nitrogens is 2. The summed E-state index contributed by atoms with van der Waals surface area (Å²) in [6, 6.07) is 5.33. The number of hydrogen-bond acceptors (Lipinski definition) is 7. The van der Waals surface area contributed by atoms with Crippen LogP contribution >= 0.6 is 23.5 Å². The Hall–Kier alpha value is -1.93. The van der Waals surface area contributed by atoms with Crippen LogP contribution in [0.15, 0.2) is 40.6 Å². The third-order valence-electron chi connectivity index (χ3n) is 2.92. The molecule has 1 aromatic heterocycles. The van der Waals surface area contributed by atoms with Crippen molar-refractivity contribution in [1.82, 2.24) is 9.97 Å². The highest BCUT2D eigenvalue weighted by Gasteiger charge is 2.18. The lowest BCUT2D eigenvalue weighted by molar-refractivity contribution is 0.0520. The molecule has 0 saturated heterocycles. The maximum Gasteiger partial charge on any atom is 0.342 e. The van der Waals surface area contributed by atoms with Gasteiger partial charge in [-0.2, -0.15) is 0 Å². The highest BCUT2D eigenvalue weighted by atomic mass is 32.2. The molecular weight excluding hydrogens is 351 g/mol. The first-order chi connectivity index (χ1) is 11.5. The SMILES string of the molecule is CCOC(=O)c1cnc(SC)nc1SCC(=O)c1ccc(F)cc1. The van der Waals surface area contributed by atoms with Crippen LogP contribution in [-0.2, 0) is 4.74 Å². The number of carbonyl (C=O) groups excluding carboxylic acids is 2. The van der Waals surface area contributed by atoms with Gasteiger partial charge >= 0.3 is 5.97 Å². The van der Waals surface area contributed by atoms with Crippen LogP contribution in [0.5, 0.6) is 0 Å². The molecule has 0 atom stereocenters. The summed E-state index contributed by atoms with van der Waals surface area (Å²) in [5, 5.41) is 0.892. The Labute approximate surface area is 147 Å². The third-order valence-corrected chi connectivity index (χ3v) is 4.47. The normalized spacial score (nSPS) is 10.5. The topological polar surface area (TPSA) is 69.2 Å². The molecule has 0 amide bonds. The summed E-state index contributed by atoms with van der Waals surface area (Å²) in [7, 11) is 0. The van der Waals surface area contributed by atoms with Gasteiger partial charge in [0.05, 0.1) is 12.4 Å². The molecule has 0 aliphatic heterocycles. The maximum atomic E-state index is 12.9. The highest BCUT2D eigenvalue weighted by molar-refractivity contribution is 8.00. The summed E-state index contributed by atoms with van der Waals surface area (Å²) >= 11 is 2.46. The number of halogens is 1. The van der Waals surface area contributed by atoms with Gasteiger partial charge in [-0.25, -0.2) is 19.2 Å². The number of ether oxygens (including phenoxy) is 1. The van der Waals surface area contributed by atoms with E-state index in [9.17, 15) is 14.0 Å². The Bertz CT molecular complexity index is 739. The van der Waals surface area contributed by atoms with Gasteiger partial charge in [0.15, 0.2) is 10.9 Å². The molecule has 8 heteroatoms. The lowest BCUT2D eigenvalue weighted by Gasteiger charge is -2.08. The number of hydrogen-bond donors (Lipinski definition) is 0. The Kier molecular flexibility index (Phi) is 6.74. The quantitative estimate of drug-likeness (QED) is 0.244. The number of rotatable bonds is 7. The van der Waals surface area contributed by atoms with E-state index in [0.717, 1.165) is 11.8 Å². The fourth-order valence-corrected chi connectivity index (χ4v) is 3.04. The van der Waals surface area contributed by atoms with Gasteiger partial charge in [-0.1, -0.05) is 23.5 Å². The largest absolute Gasteiger partial charge is 0.462 e. The van der Waals surface area contributed by atoms with Crippen LogP contribution in [0, 0.1) is 5.82 Å². The Morgan fingerprint density at radius 2 is 1.96 bits per heavy atom. The fourth-order valence-electron chi connectivity index (χ4n) is 1.76. The van der Waals surface area contributed by atoms with Gasteiger partial charge in [-0.05, 0) is 37.4 Å². The van der Waals surface area contributed by atoms with Crippen molar-refractivity contribution < 1.29 is 18.7 Å². The van der Waals surface area contributed by atoms with Crippen LogP contribution in [0.2, 0.25) is 0 Å². The predicted molar refractivity (Wildman–Crippen MR) is 91.2 cm³/mol. The van der Waals surface area contributed by atoms with E-state index in [1.807, 2.05) is 6.26 Å². The van der Waals surface area contributed by atoms with Crippen LogP contribution < -0.4 is 0 Å².